The number of hydrogen-bond donors (Lipinski definition) is 1. The number of piperazine rings is 1. The van der Waals surface area contributed by atoms with Gasteiger partial charge in [-0.1, -0.05) is 35.9 Å². The number of carbonyl (C=O) groups is 1. The van der Waals surface area contributed by atoms with Gasteiger partial charge in [-0.25, -0.2) is 0 Å². The van der Waals surface area contributed by atoms with E-state index >= 15 is 0 Å². The Morgan fingerprint density at radius 2 is 1.68 bits per heavy atom. The van der Waals surface area contributed by atoms with Crippen LogP contribution in [-0.2, 0) is 17.9 Å². The third-order valence-electron chi connectivity index (χ3n) is 5.29. The number of benzene rings is 2. The van der Waals surface area contributed by atoms with Gasteiger partial charge >= 0.3 is 0 Å². The maximum atomic E-state index is 12.4. The highest BCUT2D eigenvalue weighted by molar-refractivity contribution is 5.78. The number of nitrogens with one attached hydrogen (secondary N) is 1. The van der Waals surface area contributed by atoms with Crippen LogP contribution in [0.15, 0.2) is 42.5 Å². The summed E-state index contributed by atoms with van der Waals surface area (Å²) in [6.45, 7) is 7.67. The molecule has 2 aliphatic heterocycles. The van der Waals surface area contributed by atoms with Crippen molar-refractivity contribution in [3.63, 3.8) is 0 Å². The van der Waals surface area contributed by atoms with Gasteiger partial charge in [0.2, 0.25) is 12.7 Å². The van der Waals surface area contributed by atoms with Gasteiger partial charge in [0.05, 0.1) is 6.54 Å². The number of hydrogen-bond acceptors (Lipinski definition) is 5. The van der Waals surface area contributed by atoms with Crippen molar-refractivity contribution in [2.45, 2.75) is 20.0 Å². The molecule has 4 rings (SSSR count). The van der Waals surface area contributed by atoms with Crippen LogP contribution in [0.2, 0.25) is 0 Å². The molecule has 0 radical (unpaired) electrons. The summed E-state index contributed by atoms with van der Waals surface area (Å²) in [6.07, 6.45) is 0. The van der Waals surface area contributed by atoms with Crippen molar-refractivity contribution in [1.29, 1.82) is 0 Å². The Morgan fingerprint density at radius 1 is 0.964 bits per heavy atom. The summed E-state index contributed by atoms with van der Waals surface area (Å²) in [5.41, 5.74) is 3.66. The van der Waals surface area contributed by atoms with Crippen molar-refractivity contribution in [3.8, 4) is 11.5 Å². The van der Waals surface area contributed by atoms with Gasteiger partial charge in [0.15, 0.2) is 11.5 Å². The second-order valence-electron chi connectivity index (χ2n) is 7.43. The van der Waals surface area contributed by atoms with Crippen LogP contribution in [0.25, 0.3) is 0 Å². The Hall–Kier alpha value is -2.57. The molecule has 0 bridgehead atoms. The molecule has 6 nitrogen and oxygen atoms in total. The largest absolute Gasteiger partial charge is 0.454 e. The summed E-state index contributed by atoms with van der Waals surface area (Å²) in [6, 6.07) is 14.5. The molecular weight excluding hydrogens is 354 g/mol. The highest BCUT2D eigenvalue weighted by atomic mass is 16.7. The van der Waals surface area contributed by atoms with Crippen molar-refractivity contribution >= 4 is 5.91 Å². The number of rotatable bonds is 6. The zero-order chi connectivity index (χ0) is 19.3. The molecule has 2 aromatic carbocycles. The summed E-state index contributed by atoms with van der Waals surface area (Å²) in [4.78, 5) is 16.8. The smallest absolute Gasteiger partial charge is 0.236 e. The minimum absolute atomic E-state index is 0.176. The number of ether oxygens (including phenoxy) is 2. The summed E-state index contributed by atoms with van der Waals surface area (Å²) in [7, 11) is 0. The predicted molar refractivity (Wildman–Crippen MR) is 107 cm³/mol. The Balaban J connectivity index is 1.19. The molecule has 0 spiro atoms. The van der Waals surface area contributed by atoms with Crippen molar-refractivity contribution in [2.24, 2.45) is 0 Å². The summed E-state index contributed by atoms with van der Waals surface area (Å²) >= 11 is 0. The van der Waals surface area contributed by atoms with E-state index in [9.17, 15) is 4.79 Å². The van der Waals surface area contributed by atoms with Gasteiger partial charge in [0, 0.05) is 39.3 Å². The van der Waals surface area contributed by atoms with E-state index in [1.54, 1.807) is 0 Å². The molecular formula is C22H27N3O3. The molecule has 0 saturated carbocycles. The topological polar surface area (TPSA) is 54.0 Å². The van der Waals surface area contributed by atoms with Gasteiger partial charge in [0.25, 0.3) is 0 Å². The third-order valence-corrected chi connectivity index (χ3v) is 5.29. The van der Waals surface area contributed by atoms with Crippen LogP contribution in [-0.4, -0.2) is 55.2 Å². The van der Waals surface area contributed by atoms with Crippen LogP contribution in [0.5, 0.6) is 11.5 Å². The fourth-order valence-corrected chi connectivity index (χ4v) is 3.58. The summed E-state index contributed by atoms with van der Waals surface area (Å²) in [5, 5.41) is 3.26. The molecule has 1 amide bonds. The molecule has 0 aliphatic carbocycles. The average molecular weight is 381 g/mol. The monoisotopic (exact) mass is 381 g/mol. The van der Waals surface area contributed by atoms with E-state index in [0.29, 0.717) is 13.3 Å². The minimum Gasteiger partial charge on any atom is -0.454 e. The quantitative estimate of drug-likeness (QED) is 0.831. The lowest BCUT2D eigenvalue weighted by Gasteiger charge is -2.34. The molecule has 1 saturated heterocycles. The van der Waals surface area contributed by atoms with Crippen molar-refractivity contribution in [1.82, 2.24) is 15.1 Å². The van der Waals surface area contributed by atoms with Crippen LogP contribution in [0.4, 0.5) is 0 Å². The number of nitrogens with zero attached hydrogens (tertiary/aromatic N) is 2. The molecule has 2 aliphatic rings. The van der Waals surface area contributed by atoms with Gasteiger partial charge in [-0.2, -0.15) is 0 Å². The second-order valence-corrected chi connectivity index (χ2v) is 7.43. The molecule has 6 heteroatoms. The third kappa shape index (κ3) is 4.64. The Kier molecular flexibility index (Phi) is 5.78. The van der Waals surface area contributed by atoms with Crippen LogP contribution in [0, 0.1) is 6.92 Å². The Bertz CT molecular complexity index is 814. The number of fused-ring (bicyclic) bond motifs is 1. The van der Waals surface area contributed by atoms with Gasteiger partial charge in [-0.05, 0) is 30.2 Å². The zero-order valence-electron chi connectivity index (χ0n) is 16.3. The zero-order valence-corrected chi connectivity index (χ0v) is 16.3. The van der Waals surface area contributed by atoms with E-state index in [2.05, 4.69) is 53.5 Å². The van der Waals surface area contributed by atoms with E-state index in [1.807, 2.05) is 11.0 Å². The molecule has 148 valence electrons. The Morgan fingerprint density at radius 3 is 2.46 bits per heavy atom. The number of aryl methyl sites for hydroxylation is 1. The average Bonchev–Trinajstić information content (AvgIpc) is 3.18. The van der Waals surface area contributed by atoms with Crippen LogP contribution >= 0.6 is 0 Å². The van der Waals surface area contributed by atoms with Crippen LogP contribution in [0.3, 0.4) is 0 Å². The number of carbonyl (C=O) groups excluding carboxylic acids is 1. The van der Waals surface area contributed by atoms with Gasteiger partial charge in [0.1, 0.15) is 0 Å². The Labute approximate surface area is 166 Å². The van der Waals surface area contributed by atoms with Gasteiger partial charge in [-0.3, -0.25) is 9.69 Å². The molecule has 0 atom stereocenters. The van der Waals surface area contributed by atoms with E-state index in [1.165, 1.54) is 16.7 Å². The first-order valence-corrected chi connectivity index (χ1v) is 9.82. The molecule has 1 fully saturated rings. The van der Waals surface area contributed by atoms with Crippen molar-refractivity contribution < 1.29 is 14.3 Å². The van der Waals surface area contributed by atoms with E-state index in [-0.39, 0.29) is 5.91 Å². The fraction of sp³-hybridized carbons (Fsp3) is 0.409. The lowest BCUT2D eigenvalue weighted by atomic mass is 10.1. The lowest BCUT2D eigenvalue weighted by Crippen LogP contribution is -2.50. The van der Waals surface area contributed by atoms with E-state index in [0.717, 1.165) is 50.8 Å². The highest BCUT2D eigenvalue weighted by Crippen LogP contribution is 2.32. The normalized spacial score (nSPS) is 16.4. The van der Waals surface area contributed by atoms with Crippen molar-refractivity contribution in [2.75, 3.05) is 39.5 Å². The van der Waals surface area contributed by atoms with Gasteiger partial charge in [-0.15, -0.1) is 0 Å². The molecule has 0 aromatic heterocycles. The summed E-state index contributed by atoms with van der Waals surface area (Å²) < 4.78 is 10.8. The first kappa shape index (κ1) is 18.8. The minimum atomic E-state index is 0.176. The van der Waals surface area contributed by atoms with E-state index in [4.69, 9.17) is 9.47 Å². The van der Waals surface area contributed by atoms with E-state index < -0.39 is 0 Å². The highest BCUT2D eigenvalue weighted by Gasteiger charge is 2.21. The fourth-order valence-electron chi connectivity index (χ4n) is 3.58. The first-order chi connectivity index (χ1) is 13.7. The molecule has 1 N–H and O–H groups in total. The van der Waals surface area contributed by atoms with Crippen LogP contribution < -0.4 is 14.8 Å². The summed E-state index contributed by atoms with van der Waals surface area (Å²) in [5.74, 6) is 1.82. The predicted octanol–water partition coefficient (Wildman–Crippen LogP) is 2.16. The standard InChI is InChI=1S/C22H27N3O3/c1-17-2-4-18(5-3-17)13-23-14-22(26)25-10-8-24(9-11-25)15-19-6-7-20-21(12-19)28-16-27-20/h2-7,12,23H,8-11,13-16H2,1H3. The van der Waals surface area contributed by atoms with Crippen LogP contribution in [0.1, 0.15) is 16.7 Å². The lowest BCUT2D eigenvalue weighted by molar-refractivity contribution is -0.132. The molecule has 0 unspecified atom stereocenters. The maximum Gasteiger partial charge on any atom is 0.236 e. The van der Waals surface area contributed by atoms with Gasteiger partial charge < -0.3 is 19.7 Å². The molecule has 2 aromatic rings. The first-order valence-electron chi connectivity index (χ1n) is 9.82. The second kappa shape index (κ2) is 8.63. The SMILES string of the molecule is Cc1ccc(CNCC(=O)N2CCN(Cc3ccc4c(c3)OCO4)CC2)cc1. The van der Waals surface area contributed by atoms with Crippen molar-refractivity contribution in [3.05, 3.63) is 59.2 Å². The number of amides is 1. The maximum absolute atomic E-state index is 12.4. The molecule has 2 heterocycles. The molecule has 28 heavy (non-hydrogen) atoms.